The van der Waals surface area contributed by atoms with Crippen LogP contribution in [0.4, 0.5) is 0 Å². The van der Waals surface area contributed by atoms with Gasteiger partial charge in [-0.2, -0.15) is 5.10 Å². The van der Waals surface area contributed by atoms with Gasteiger partial charge in [-0.25, -0.2) is 0 Å². The molecule has 0 saturated carbocycles. The molecule has 0 unspecified atom stereocenters. The Hall–Kier alpha value is -2.03. The summed E-state index contributed by atoms with van der Waals surface area (Å²) in [4.78, 5) is 3.50. The molecule has 1 aliphatic rings. The first-order valence-corrected chi connectivity index (χ1v) is 5.55. The van der Waals surface area contributed by atoms with Crippen LogP contribution in [0.3, 0.4) is 0 Å². The SMILES string of the molecule is c1ccc2c3c([nH]c2c1)-c1ccnn1CC3. The van der Waals surface area contributed by atoms with E-state index in [4.69, 9.17) is 0 Å². The number of aryl methyl sites for hydroxylation is 2. The third kappa shape index (κ3) is 0.902. The molecule has 4 rings (SSSR count). The van der Waals surface area contributed by atoms with Gasteiger partial charge < -0.3 is 4.98 Å². The van der Waals surface area contributed by atoms with Crippen molar-refractivity contribution in [1.29, 1.82) is 0 Å². The lowest BCUT2D eigenvalue weighted by Crippen LogP contribution is -2.10. The highest BCUT2D eigenvalue weighted by Gasteiger charge is 2.20. The number of hydrogen-bond acceptors (Lipinski definition) is 1. The smallest absolute Gasteiger partial charge is 0.0847 e. The van der Waals surface area contributed by atoms with E-state index in [1.807, 2.05) is 6.20 Å². The Kier molecular flexibility index (Phi) is 1.41. The molecule has 78 valence electrons. The van der Waals surface area contributed by atoms with E-state index in [2.05, 4.69) is 45.1 Å². The fourth-order valence-corrected chi connectivity index (χ4v) is 2.62. The van der Waals surface area contributed by atoms with Crippen molar-refractivity contribution in [3.8, 4) is 11.4 Å². The van der Waals surface area contributed by atoms with Crippen LogP contribution in [0.15, 0.2) is 36.5 Å². The van der Waals surface area contributed by atoms with E-state index >= 15 is 0 Å². The van der Waals surface area contributed by atoms with Crippen LogP contribution in [0.1, 0.15) is 5.56 Å². The number of H-pyrrole nitrogens is 1. The third-order valence-corrected chi connectivity index (χ3v) is 3.36. The molecule has 1 aromatic carbocycles. The van der Waals surface area contributed by atoms with Gasteiger partial charge >= 0.3 is 0 Å². The Morgan fingerprint density at radius 2 is 2.12 bits per heavy atom. The molecule has 16 heavy (non-hydrogen) atoms. The molecule has 0 spiro atoms. The second-order valence-electron chi connectivity index (χ2n) is 4.21. The number of rotatable bonds is 0. The van der Waals surface area contributed by atoms with Crippen LogP contribution in [0, 0.1) is 0 Å². The van der Waals surface area contributed by atoms with Gasteiger partial charge in [0.25, 0.3) is 0 Å². The van der Waals surface area contributed by atoms with Gasteiger partial charge in [-0.1, -0.05) is 18.2 Å². The predicted octanol–water partition coefficient (Wildman–Crippen LogP) is 2.59. The van der Waals surface area contributed by atoms with E-state index in [1.165, 1.54) is 27.9 Å². The quantitative estimate of drug-likeness (QED) is 0.606. The summed E-state index contributed by atoms with van der Waals surface area (Å²) in [5.74, 6) is 0. The van der Waals surface area contributed by atoms with Crippen molar-refractivity contribution in [3.63, 3.8) is 0 Å². The maximum absolute atomic E-state index is 4.32. The number of hydrogen-bond donors (Lipinski definition) is 1. The summed E-state index contributed by atoms with van der Waals surface area (Å²) in [6, 6.07) is 10.6. The van der Waals surface area contributed by atoms with E-state index in [0.717, 1.165) is 13.0 Å². The Labute approximate surface area is 92.7 Å². The molecule has 0 atom stereocenters. The number of aromatic amines is 1. The van der Waals surface area contributed by atoms with Crippen molar-refractivity contribution in [2.24, 2.45) is 0 Å². The zero-order chi connectivity index (χ0) is 10.5. The lowest BCUT2D eigenvalue weighted by Gasteiger charge is -2.14. The lowest BCUT2D eigenvalue weighted by atomic mass is 10.0. The predicted molar refractivity (Wildman–Crippen MR) is 63.2 cm³/mol. The second-order valence-corrected chi connectivity index (χ2v) is 4.21. The minimum absolute atomic E-state index is 0.983. The minimum atomic E-state index is 0.983. The van der Waals surface area contributed by atoms with Crippen molar-refractivity contribution < 1.29 is 0 Å². The summed E-state index contributed by atoms with van der Waals surface area (Å²) in [5.41, 5.74) is 5.10. The monoisotopic (exact) mass is 209 g/mol. The minimum Gasteiger partial charge on any atom is -0.353 e. The van der Waals surface area contributed by atoms with E-state index in [1.54, 1.807) is 0 Å². The molecular weight excluding hydrogens is 198 g/mol. The maximum atomic E-state index is 4.32. The van der Waals surface area contributed by atoms with Crippen molar-refractivity contribution >= 4 is 10.9 Å². The number of fused-ring (bicyclic) bond motifs is 5. The van der Waals surface area contributed by atoms with Gasteiger partial charge in [0.1, 0.15) is 0 Å². The Balaban J connectivity index is 2.13. The molecule has 0 radical (unpaired) electrons. The third-order valence-electron chi connectivity index (χ3n) is 3.36. The van der Waals surface area contributed by atoms with Crippen LogP contribution in [-0.2, 0) is 13.0 Å². The highest BCUT2D eigenvalue weighted by molar-refractivity contribution is 5.90. The fourth-order valence-electron chi connectivity index (χ4n) is 2.62. The maximum Gasteiger partial charge on any atom is 0.0847 e. The highest BCUT2D eigenvalue weighted by atomic mass is 15.3. The number of nitrogens with zero attached hydrogens (tertiary/aromatic N) is 2. The van der Waals surface area contributed by atoms with Crippen LogP contribution >= 0.6 is 0 Å². The van der Waals surface area contributed by atoms with E-state index in [-0.39, 0.29) is 0 Å². The van der Waals surface area contributed by atoms with E-state index in [9.17, 15) is 0 Å². The van der Waals surface area contributed by atoms with Crippen LogP contribution in [0.2, 0.25) is 0 Å². The average molecular weight is 209 g/mol. The van der Waals surface area contributed by atoms with Gasteiger partial charge in [-0.3, -0.25) is 4.68 Å². The number of nitrogens with one attached hydrogen (secondary N) is 1. The van der Waals surface area contributed by atoms with Gasteiger partial charge in [-0.15, -0.1) is 0 Å². The normalized spacial score (nSPS) is 13.8. The highest BCUT2D eigenvalue weighted by Crippen LogP contribution is 2.33. The standard InChI is InChI=1S/C13H11N3/c1-2-4-11-9(3-1)10-6-8-16-12(5-7-14-16)13(10)15-11/h1-5,7,15H,6,8H2. The average Bonchev–Trinajstić information content (AvgIpc) is 2.92. The van der Waals surface area contributed by atoms with Crippen molar-refractivity contribution in [2.45, 2.75) is 13.0 Å². The molecule has 1 N–H and O–H groups in total. The molecule has 0 saturated heterocycles. The zero-order valence-corrected chi connectivity index (χ0v) is 8.77. The molecule has 0 amide bonds. The van der Waals surface area contributed by atoms with Gasteiger partial charge in [0.05, 0.1) is 11.4 Å². The number of para-hydroxylation sites is 1. The molecular formula is C13H11N3. The summed E-state index contributed by atoms with van der Waals surface area (Å²) in [6.45, 7) is 0.983. The van der Waals surface area contributed by atoms with Crippen LogP contribution in [0.5, 0.6) is 0 Å². The Morgan fingerprint density at radius 3 is 3.12 bits per heavy atom. The summed E-state index contributed by atoms with van der Waals surface area (Å²) < 4.78 is 2.07. The Morgan fingerprint density at radius 1 is 1.19 bits per heavy atom. The molecule has 3 aromatic rings. The molecule has 2 aromatic heterocycles. The number of benzene rings is 1. The first-order valence-electron chi connectivity index (χ1n) is 5.55. The van der Waals surface area contributed by atoms with Gasteiger partial charge in [0.2, 0.25) is 0 Å². The van der Waals surface area contributed by atoms with Gasteiger partial charge in [0.15, 0.2) is 0 Å². The topological polar surface area (TPSA) is 33.6 Å². The summed E-state index contributed by atoms with van der Waals surface area (Å²) >= 11 is 0. The van der Waals surface area contributed by atoms with Gasteiger partial charge in [-0.05, 0) is 24.1 Å². The molecule has 0 fully saturated rings. The van der Waals surface area contributed by atoms with Crippen molar-refractivity contribution in [2.75, 3.05) is 0 Å². The van der Waals surface area contributed by atoms with Crippen LogP contribution < -0.4 is 0 Å². The second kappa shape index (κ2) is 2.76. The summed E-state index contributed by atoms with van der Waals surface area (Å²) in [7, 11) is 0. The van der Waals surface area contributed by atoms with E-state index < -0.39 is 0 Å². The molecule has 3 heterocycles. The first kappa shape index (κ1) is 8.16. The summed E-state index contributed by atoms with van der Waals surface area (Å²) in [5, 5.41) is 5.67. The molecule has 3 heteroatoms. The Bertz CT molecular complexity index is 675. The molecule has 0 bridgehead atoms. The first-order chi connectivity index (χ1) is 7.93. The molecule has 3 nitrogen and oxygen atoms in total. The summed E-state index contributed by atoms with van der Waals surface area (Å²) in [6.07, 6.45) is 2.93. The largest absolute Gasteiger partial charge is 0.353 e. The fraction of sp³-hybridized carbons (Fsp3) is 0.154. The van der Waals surface area contributed by atoms with Crippen LogP contribution in [-0.4, -0.2) is 14.8 Å². The van der Waals surface area contributed by atoms with E-state index in [0.29, 0.717) is 0 Å². The van der Waals surface area contributed by atoms with Gasteiger partial charge in [0, 0.05) is 23.6 Å². The van der Waals surface area contributed by atoms with Crippen molar-refractivity contribution in [3.05, 3.63) is 42.1 Å². The molecule has 1 aliphatic heterocycles. The zero-order valence-electron chi connectivity index (χ0n) is 8.77. The lowest BCUT2D eigenvalue weighted by molar-refractivity contribution is 0.608. The van der Waals surface area contributed by atoms with Crippen molar-refractivity contribution in [1.82, 2.24) is 14.8 Å². The number of aromatic nitrogens is 3. The van der Waals surface area contributed by atoms with Crippen LogP contribution in [0.25, 0.3) is 22.3 Å². The molecule has 0 aliphatic carbocycles.